The summed E-state index contributed by atoms with van der Waals surface area (Å²) in [5.74, 6) is 3.45. The van der Waals surface area contributed by atoms with Gasteiger partial charge < -0.3 is 10.1 Å². The number of nitrogens with one attached hydrogen (secondary N) is 1. The Kier molecular flexibility index (Phi) is 3.97. The van der Waals surface area contributed by atoms with Crippen molar-refractivity contribution in [1.29, 1.82) is 0 Å². The molecular formula is C16H18ClN3O. The summed E-state index contributed by atoms with van der Waals surface area (Å²) in [6.45, 7) is 2.07. The standard InChI is InChI=1S/C16H18ClN3O/c1-3-10-8-12(6-7-13(10)17)21-15-9-14(18-2)19-16(20-15)11-4-5-11/h6-9,11H,3-5H2,1-2H3,(H,18,19,20). The quantitative estimate of drug-likeness (QED) is 0.889. The van der Waals surface area contributed by atoms with E-state index < -0.39 is 0 Å². The van der Waals surface area contributed by atoms with Crippen LogP contribution in [-0.4, -0.2) is 17.0 Å². The Labute approximate surface area is 129 Å². The van der Waals surface area contributed by atoms with Gasteiger partial charge in [0.1, 0.15) is 17.4 Å². The second-order valence-electron chi connectivity index (χ2n) is 5.18. The minimum absolute atomic E-state index is 0.483. The third-order valence-electron chi connectivity index (χ3n) is 3.54. The van der Waals surface area contributed by atoms with Crippen molar-refractivity contribution in [3.8, 4) is 11.6 Å². The Morgan fingerprint density at radius 1 is 1.29 bits per heavy atom. The number of benzene rings is 1. The van der Waals surface area contributed by atoms with Gasteiger partial charge in [0.05, 0.1) is 0 Å². The number of hydrogen-bond acceptors (Lipinski definition) is 4. The van der Waals surface area contributed by atoms with E-state index in [1.54, 1.807) is 0 Å². The number of aryl methyl sites for hydroxylation is 1. The normalized spacial score (nSPS) is 14.0. The van der Waals surface area contributed by atoms with E-state index in [-0.39, 0.29) is 0 Å². The lowest BCUT2D eigenvalue weighted by Gasteiger charge is -2.10. The van der Waals surface area contributed by atoms with E-state index in [9.17, 15) is 0 Å². The van der Waals surface area contributed by atoms with Crippen LogP contribution in [0, 0.1) is 0 Å². The Bertz CT molecular complexity index is 656. The highest BCUT2D eigenvalue weighted by Crippen LogP contribution is 2.39. The molecule has 0 bridgehead atoms. The van der Waals surface area contributed by atoms with Gasteiger partial charge >= 0.3 is 0 Å². The fourth-order valence-electron chi connectivity index (χ4n) is 2.15. The van der Waals surface area contributed by atoms with Crippen LogP contribution in [0.1, 0.15) is 37.1 Å². The van der Waals surface area contributed by atoms with E-state index in [1.165, 1.54) is 0 Å². The van der Waals surface area contributed by atoms with E-state index in [0.29, 0.717) is 11.8 Å². The third kappa shape index (κ3) is 3.27. The van der Waals surface area contributed by atoms with Crippen LogP contribution in [0.4, 0.5) is 5.82 Å². The van der Waals surface area contributed by atoms with Crippen LogP contribution in [0.5, 0.6) is 11.6 Å². The Morgan fingerprint density at radius 2 is 2.10 bits per heavy atom. The van der Waals surface area contributed by atoms with Crippen LogP contribution in [0.25, 0.3) is 0 Å². The first kappa shape index (κ1) is 14.1. The lowest BCUT2D eigenvalue weighted by atomic mass is 10.1. The summed E-state index contributed by atoms with van der Waals surface area (Å²) in [6.07, 6.45) is 3.19. The molecule has 0 unspecified atom stereocenters. The largest absolute Gasteiger partial charge is 0.439 e. The molecule has 0 amide bonds. The van der Waals surface area contributed by atoms with Gasteiger partial charge in [0.15, 0.2) is 0 Å². The van der Waals surface area contributed by atoms with E-state index in [4.69, 9.17) is 16.3 Å². The monoisotopic (exact) mass is 303 g/mol. The molecule has 1 aromatic heterocycles. The maximum Gasteiger partial charge on any atom is 0.224 e. The first-order valence-electron chi connectivity index (χ1n) is 7.22. The molecular weight excluding hydrogens is 286 g/mol. The zero-order valence-electron chi connectivity index (χ0n) is 12.2. The molecule has 0 saturated heterocycles. The molecule has 0 radical (unpaired) electrons. The van der Waals surface area contributed by atoms with Crippen molar-refractivity contribution in [2.75, 3.05) is 12.4 Å². The minimum atomic E-state index is 0.483. The Hall–Kier alpha value is -1.81. The summed E-state index contributed by atoms with van der Waals surface area (Å²) < 4.78 is 5.89. The molecule has 0 atom stereocenters. The Balaban J connectivity index is 1.88. The molecule has 4 nitrogen and oxygen atoms in total. The highest BCUT2D eigenvalue weighted by Gasteiger charge is 2.27. The summed E-state index contributed by atoms with van der Waals surface area (Å²) in [5.41, 5.74) is 1.07. The van der Waals surface area contributed by atoms with Crippen LogP contribution in [0.15, 0.2) is 24.3 Å². The molecule has 1 saturated carbocycles. The maximum absolute atomic E-state index is 6.13. The predicted octanol–water partition coefficient (Wildman–Crippen LogP) is 4.40. The van der Waals surface area contributed by atoms with Crippen molar-refractivity contribution in [2.24, 2.45) is 0 Å². The average molecular weight is 304 g/mol. The first-order valence-corrected chi connectivity index (χ1v) is 7.60. The van der Waals surface area contributed by atoms with Crippen LogP contribution < -0.4 is 10.1 Å². The predicted molar refractivity (Wildman–Crippen MR) is 84.5 cm³/mol. The molecule has 1 N–H and O–H groups in total. The van der Waals surface area contributed by atoms with E-state index in [0.717, 1.165) is 47.2 Å². The summed E-state index contributed by atoms with van der Waals surface area (Å²) in [7, 11) is 1.85. The van der Waals surface area contributed by atoms with Gasteiger partial charge in [-0.3, -0.25) is 0 Å². The van der Waals surface area contributed by atoms with Crippen LogP contribution in [0.2, 0.25) is 5.02 Å². The van der Waals surface area contributed by atoms with Gasteiger partial charge in [-0.1, -0.05) is 18.5 Å². The van der Waals surface area contributed by atoms with Crippen molar-refractivity contribution in [3.05, 3.63) is 40.7 Å². The van der Waals surface area contributed by atoms with Crippen LogP contribution in [-0.2, 0) is 6.42 Å². The number of ether oxygens (including phenoxy) is 1. The molecule has 5 heteroatoms. The van der Waals surface area contributed by atoms with Crippen molar-refractivity contribution < 1.29 is 4.74 Å². The van der Waals surface area contributed by atoms with Crippen molar-refractivity contribution >= 4 is 17.4 Å². The Morgan fingerprint density at radius 3 is 2.76 bits per heavy atom. The third-order valence-corrected chi connectivity index (χ3v) is 3.91. The zero-order valence-corrected chi connectivity index (χ0v) is 12.9. The van der Waals surface area contributed by atoms with E-state index >= 15 is 0 Å². The molecule has 0 spiro atoms. The highest BCUT2D eigenvalue weighted by molar-refractivity contribution is 6.31. The molecule has 110 valence electrons. The van der Waals surface area contributed by atoms with Gasteiger partial charge in [0.25, 0.3) is 0 Å². The molecule has 1 aliphatic carbocycles. The van der Waals surface area contributed by atoms with Gasteiger partial charge in [-0.15, -0.1) is 0 Å². The average Bonchev–Trinajstić information content (AvgIpc) is 3.33. The first-order chi connectivity index (χ1) is 10.2. The number of nitrogens with zero attached hydrogens (tertiary/aromatic N) is 2. The number of halogens is 1. The van der Waals surface area contributed by atoms with Gasteiger partial charge in [-0.25, -0.2) is 4.98 Å². The SMILES string of the molecule is CCc1cc(Oc2cc(NC)nc(C3CC3)n2)ccc1Cl. The molecule has 0 aliphatic heterocycles. The van der Waals surface area contributed by atoms with Gasteiger partial charge in [0, 0.05) is 24.1 Å². The minimum Gasteiger partial charge on any atom is -0.439 e. The highest BCUT2D eigenvalue weighted by atomic mass is 35.5. The summed E-state index contributed by atoms with van der Waals surface area (Å²) in [5, 5.41) is 3.82. The topological polar surface area (TPSA) is 47.0 Å². The summed E-state index contributed by atoms with van der Waals surface area (Å²) >= 11 is 6.13. The lowest BCUT2D eigenvalue weighted by Crippen LogP contribution is -2.01. The molecule has 1 aromatic carbocycles. The van der Waals surface area contributed by atoms with Crippen molar-refractivity contribution in [2.45, 2.75) is 32.1 Å². The van der Waals surface area contributed by atoms with Crippen molar-refractivity contribution in [3.63, 3.8) is 0 Å². The number of rotatable bonds is 5. The van der Waals surface area contributed by atoms with E-state index in [2.05, 4.69) is 22.2 Å². The number of hydrogen-bond donors (Lipinski definition) is 1. The summed E-state index contributed by atoms with van der Waals surface area (Å²) in [6, 6.07) is 7.49. The molecule has 1 fully saturated rings. The second-order valence-corrected chi connectivity index (χ2v) is 5.59. The molecule has 21 heavy (non-hydrogen) atoms. The van der Waals surface area contributed by atoms with E-state index in [1.807, 2.05) is 31.3 Å². The van der Waals surface area contributed by atoms with Gasteiger partial charge in [-0.2, -0.15) is 4.98 Å². The zero-order chi connectivity index (χ0) is 14.8. The maximum atomic E-state index is 6.13. The van der Waals surface area contributed by atoms with Gasteiger partial charge in [-0.05, 0) is 43.0 Å². The fraction of sp³-hybridized carbons (Fsp3) is 0.375. The molecule has 1 heterocycles. The number of aromatic nitrogens is 2. The fourth-order valence-corrected chi connectivity index (χ4v) is 2.40. The van der Waals surface area contributed by atoms with Crippen molar-refractivity contribution in [1.82, 2.24) is 9.97 Å². The van der Waals surface area contributed by atoms with Crippen LogP contribution in [0.3, 0.4) is 0 Å². The second kappa shape index (κ2) is 5.90. The molecule has 1 aliphatic rings. The van der Waals surface area contributed by atoms with Gasteiger partial charge in [0.2, 0.25) is 5.88 Å². The summed E-state index contributed by atoms with van der Waals surface area (Å²) in [4.78, 5) is 8.99. The lowest BCUT2D eigenvalue weighted by molar-refractivity contribution is 0.458. The smallest absolute Gasteiger partial charge is 0.224 e. The molecule has 2 aromatic rings. The molecule has 3 rings (SSSR count). The number of anilines is 1. The van der Waals surface area contributed by atoms with Crippen LogP contribution >= 0.6 is 11.6 Å².